The van der Waals surface area contributed by atoms with E-state index in [2.05, 4.69) is 101 Å². The van der Waals surface area contributed by atoms with Gasteiger partial charge in [0.15, 0.2) is 5.78 Å². The van der Waals surface area contributed by atoms with Crippen molar-refractivity contribution in [3.63, 3.8) is 0 Å². The number of rotatable bonds is 4. The number of anilines is 1. The zero-order valence-electron chi connectivity index (χ0n) is 21.7. The zero-order chi connectivity index (χ0) is 25.9. The molecule has 2 aliphatic rings. The van der Waals surface area contributed by atoms with Crippen LogP contribution in [0.1, 0.15) is 34.7 Å². The molecule has 0 saturated heterocycles. The van der Waals surface area contributed by atoms with Crippen LogP contribution in [-0.4, -0.2) is 23.5 Å². The molecule has 0 N–H and O–H groups in total. The topological polar surface area (TPSA) is 34.5 Å². The number of methoxy groups -OCH3 is 1. The number of benzene rings is 4. The van der Waals surface area contributed by atoms with Crippen molar-refractivity contribution in [2.45, 2.75) is 30.3 Å². The van der Waals surface area contributed by atoms with Crippen LogP contribution in [0.25, 0.3) is 10.9 Å². The van der Waals surface area contributed by atoms with Gasteiger partial charge in [0.1, 0.15) is 5.75 Å². The van der Waals surface area contributed by atoms with Gasteiger partial charge >= 0.3 is 0 Å². The molecule has 0 bridgehead atoms. The number of hydrogen-bond acceptors (Lipinski definition) is 3. The fourth-order valence-electron chi connectivity index (χ4n) is 7.23. The quantitative estimate of drug-likeness (QED) is 0.279. The first-order valence-corrected chi connectivity index (χ1v) is 13.3. The van der Waals surface area contributed by atoms with Gasteiger partial charge in [-0.2, -0.15) is 0 Å². The highest BCUT2D eigenvalue weighted by atomic mass is 16.5. The smallest absolute Gasteiger partial charge is 0.150 e. The number of ketones is 1. The number of Topliss-reactive ketones (excluding diaryl/α,β-unsaturated/α-hetero) is 1. The first kappa shape index (κ1) is 22.9. The molecule has 0 spiro atoms. The van der Waals surface area contributed by atoms with Crippen LogP contribution in [0.4, 0.5) is 5.69 Å². The van der Waals surface area contributed by atoms with E-state index in [1.54, 1.807) is 7.11 Å². The maximum absolute atomic E-state index is 14.6. The van der Waals surface area contributed by atoms with Crippen LogP contribution in [0.3, 0.4) is 0 Å². The summed E-state index contributed by atoms with van der Waals surface area (Å²) < 4.78 is 7.78. The fraction of sp³-hybridized carbons (Fsp3) is 0.206. The van der Waals surface area contributed by atoms with Gasteiger partial charge in [-0.3, -0.25) is 4.79 Å². The van der Waals surface area contributed by atoms with Crippen molar-refractivity contribution in [1.29, 1.82) is 0 Å². The van der Waals surface area contributed by atoms with E-state index in [4.69, 9.17) is 4.74 Å². The van der Waals surface area contributed by atoms with Crippen molar-refractivity contribution in [3.05, 3.63) is 132 Å². The van der Waals surface area contributed by atoms with Gasteiger partial charge < -0.3 is 14.2 Å². The summed E-state index contributed by atoms with van der Waals surface area (Å²) in [6, 6.07) is 37.9. The standard InChI is InChI=1S/C34H30N2O2/c1-35-28-16-10-9-15-27(28)32-30(35)22-36(25-17-19-26(38-2)20-18-25)29-21-31(37)34(33(29)32,23-11-5-3-6-12-23)24-13-7-4-8-14-24/h3-20,29,33H,21-22H2,1-2H3/t29-,33+/m1/s1. The first-order valence-electron chi connectivity index (χ1n) is 13.3. The van der Waals surface area contributed by atoms with E-state index in [0.717, 1.165) is 29.1 Å². The third kappa shape index (κ3) is 3.06. The van der Waals surface area contributed by atoms with E-state index in [-0.39, 0.29) is 17.7 Å². The second-order valence-corrected chi connectivity index (χ2v) is 10.5. The minimum absolute atomic E-state index is 0.0228. The van der Waals surface area contributed by atoms with Gasteiger partial charge in [0.25, 0.3) is 0 Å². The SMILES string of the molecule is COc1ccc(N2Cc3c(c4ccccc4n3C)[C@@H]3[C@H]2CC(=O)C3(c2ccccc2)c2ccccc2)cc1. The molecular formula is C34H30N2O2. The van der Waals surface area contributed by atoms with Crippen LogP contribution in [0.2, 0.25) is 0 Å². The maximum atomic E-state index is 14.6. The normalized spacial score (nSPS) is 19.8. The molecule has 0 amide bonds. The molecule has 7 rings (SSSR count). The summed E-state index contributed by atoms with van der Waals surface area (Å²) in [6.07, 6.45) is 0.489. The lowest BCUT2D eigenvalue weighted by Gasteiger charge is -2.45. The van der Waals surface area contributed by atoms with Gasteiger partial charge in [0, 0.05) is 47.7 Å². The number of aryl methyl sites for hydroxylation is 1. The Labute approximate surface area is 223 Å². The Morgan fingerprint density at radius 1 is 0.789 bits per heavy atom. The molecule has 1 saturated carbocycles. The van der Waals surface area contributed by atoms with Crippen molar-refractivity contribution in [2.75, 3.05) is 12.0 Å². The monoisotopic (exact) mass is 498 g/mol. The summed E-state index contributed by atoms with van der Waals surface area (Å²) in [7, 11) is 3.86. The van der Waals surface area contributed by atoms with Crippen molar-refractivity contribution in [1.82, 2.24) is 4.57 Å². The highest BCUT2D eigenvalue weighted by Crippen LogP contribution is 2.59. The minimum Gasteiger partial charge on any atom is -0.497 e. The van der Waals surface area contributed by atoms with Crippen molar-refractivity contribution < 1.29 is 9.53 Å². The molecule has 5 aromatic rings. The number of fused-ring (bicyclic) bond motifs is 5. The lowest BCUT2D eigenvalue weighted by atomic mass is 9.63. The van der Waals surface area contributed by atoms with E-state index in [1.165, 1.54) is 22.2 Å². The summed E-state index contributed by atoms with van der Waals surface area (Å²) in [4.78, 5) is 17.1. The molecule has 1 fully saturated rings. The van der Waals surface area contributed by atoms with Crippen LogP contribution in [-0.2, 0) is 23.8 Å². The van der Waals surface area contributed by atoms with E-state index in [0.29, 0.717) is 6.42 Å². The lowest BCUT2D eigenvalue weighted by Crippen LogP contribution is -2.47. The van der Waals surface area contributed by atoms with Gasteiger partial charge in [-0.15, -0.1) is 0 Å². The van der Waals surface area contributed by atoms with Gasteiger partial charge in [0.05, 0.1) is 19.1 Å². The highest BCUT2D eigenvalue weighted by Gasteiger charge is 2.61. The molecule has 2 heterocycles. The van der Waals surface area contributed by atoms with E-state index in [1.807, 2.05) is 24.3 Å². The molecule has 38 heavy (non-hydrogen) atoms. The first-order chi connectivity index (χ1) is 18.6. The van der Waals surface area contributed by atoms with Crippen molar-refractivity contribution >= 4 is 22.4 Å². The molecule has 0 unspecified atom stereocenters. The van der Waals surface area contributed by atoms with Crippen LogP contribution >= 0.6 is 0 Å². The average molecular weight is 499 g/mol. The predicted octanol–water partition coefficient (Wildman–Crippen LogP) is 6.62. The Morgan fingerprint density at radius 3 is 2.03 bits per heavy atom. The number of carbonyl (C=O) groups excluding carboxylic acids is 1. The number of para-hydroxylation sites is 1. The summed E-state index contributed by atoms with van der Waals surface area (Å²) in [5, 5.41) is 1.25. The Balaban J connectivity index is 1.56. The third-order valence-electron chi connectivity index (χ3n) is 8.85. The molecule has 0 radical (unpaired) electrons. The van der Waals surface area contributed by atoms with E-state index in [9.17, 15) is 4.79 Å². The van der Waals surface area contributed by atoms with Crippen LogP contribution in [0.15, 0.2) is 109 Å². The molecule has 2 atom stereocenters. The Morgan fingerprint density at radius 2 is 1.39 bits per heavy atom. The summed E-state index contributed by atoms with van der Waals surface area (Å²) in [5.74, 6) is 1.07. The highest BCUT2D eigenvalue weighted by molar-refractivity contribution is 6.01. The second-order valence-electron chi connectivity index (χ2n) is 10.5. The molecule has 1 aliphatic carbocycles. The molecule has 1 aliphatic heterocycles. The summed E-state index contributed by atoms with van der Waals surface area (Å²) in [6.45, 7) is 0.751. The largest absolute Gasteiger partial charge is 0.497 e. The minimum atomic E-state index is -0.781. The van der Waals surface area contributed by atoms with E-state index < -0.39 is 5.41 Å². The molecule has 1 aromatic heterocycles. The van der Waals surface area contributed by atoms with Crippen LogP contribution < -0.4 is 9.64 Å². The zero-order valence-corrected chi connectivity index (χ0v) is 21.7. The number of carbonyl (C=O) groups is 1. The molecule has 188 valence electrons. The van der Waals surface area contributed by atoms with Crippen molar-refractivity contribution in [3.8, 4) is 5.75 Å². The number of aromatic nitrogens is 1. The molecule has 4 aromatic carbocycles. The average Bonchev–Trinajstić information content (AvgIpc) is 3.45. The van der Waals surface area contributed by atoms with Crippen LogP contribution in [0, 0.1) is 0 Å². The van der Waals surface area contributed by atoms with Gasteiger partial charge in [-0.1, -0.05) is 78.9 Å². The summed E-state index contributed by atoms with van der Waals surface area (Å²) >= 11 is 0. The van der Waals surface area contributed by atoms with Gasteiger partial charge in [-0.05, 0) is 47.0 Å². The maximum Gasteiger partial charge on any atom is 0.150 e. The Hall–Kier alpha value is -4.31. The van der Waals surface area contributed by atoms with E-state index >= 15 is 0 Å². The number of nitrogens with zero attached hydrogens (tertiary/aromatic N) is 2. The molecular weight excluding hydrogens is 468 g/mol. The number of ether oxygens (including phenoxy) is 1. The Bertz CT molecular complexity index is 1600. The molecule has 4 heteroatoms. The van der Waals surface area contributed by atoms with Gasteiger partial charge in [0.2, 0.25) is 0 Å². The summed E-state index contributed by atoms with van der Waals surface area (Å²) in [5.41, 5.74) is 6.27. The van der Waals surface area contributed by atoms with Crippen LogP contribution in [0.5, 0.6) is 5.75 Å². The fourth-order valence-corrected chi connectivity index (χ4v) is 7.23. The second kappa shape index (κ2) is 8.63. The lowest BCUT2D eigenvalue weighted by molar-refractivity contribution is -0.121. The number of hydrogen-bond donors (Lipinski definition) is 0. The third-order valence-corrected chi connectivity index (χ3v) is 8.85. The predicted molar refractivity (Wildman–Crippen MR) is 152 cm³/mol. The Kier molecular flexibility index (Phi) is 5.19. The van der Waals surface area contributed by atoms with Gasteiger partial charge in [-0.25, -0.2) is 0 Å². The van der Waals surface area contributed by atoms with Crippen molar-refractivity contribution in [2.24, 2.45) is 7.05 Å². The molecule has 4 nitrogen and oxygen atoms in total.